The van der Waals surface area contributed by atoms with Gasteiger partial charge in [0.1, 0.15) is 61.6 Å². The lowest BCUT2D eigenvalue weighted by Crippen LogP contribution is -2.16. The number of nitrogens with zero attached hydrogens (tertiary/aromatic N) is 4. The lowest BCUT2D eigenvalue weighted by atomic mass is 9.92. The van der Waals surface area contributed by atoms with Gasteiger partial charge < -0.3 is 39.8 Å². The van der Waals surface area contributed by atoms with Crippen LogP contribution in [0, 0.1) is 36.5 Å². The Morgan fingerprint density at radius 3 is 1.38 bits per heavy atom. The number of rotatable bonds is 25. The number of aromatic nitrogens is 2. The van der Waals surface area contributed by atoms with Crippen molar-refractivity contribution in [2.75, 3.05) is 13.1 Å². The number of pyridine rings is 2. The van der Waals surface area contributed by atoms with Crippen LogP contribution in [0.5, 0.6) is 23.0 Å². The minimum absolute atomic E-state index is 0.0524. The van der Waals surface area contributed by atoms with Crippen LogP contribution >= 0.6 is 23.2 Å². The zero-order valence-corrected chi connectivity index (χ0v) is 39.1. The van der Waals surface area contributed by atoms with Crippen LogP contribution in [0.1, 0.15) is 81.3 Å². The summed E-state index contributed by atoms with van der Waals surface area (Å²) >= 11 is 13.6. The Morgan fingerprint density at radius 2 is 0.985 bits per heavy atom. The Morgan fingerprint density at radius 1 is 0.574 bits per heavy atom. The molecule has 0 amide bonds. The summed E-state index contributed by atoms with van der Waals surface area (Å²) in [6.07, 6.45) is 7.26. The highest BCUT2D eigenvalue weighted by Crippen LogP contribution is 2.37. The smallest absolute Gasteiger partial charge is 0.303 e. The third kappa shape index (κ3) is 14.4. The van der Waals surface area contributed by atoms with Crippen LogP contribution in [-0.2, 0) is 49.1 Å². The Labute approximate surface area is 405 Å². The molecule has 0 aliphatic heterocycles. The predicted molar refractivity (Wildman–Crippen MR) is 257 cm³/mol. The standard InChI is InChI=1S/C52H50Cl2N6O8/c1-33-39(31-67-49-19-47(65-29-37-15-35(21-55)23-59-25-37)41(17-45(49)53)27-57-13-5-11-51(61)62)7-3-9-43(33)44-10-4-8-40(34(44)2)32-68-50-20-48(66-30-38-16-36(22-56)24-60-26-38)42(18-46(50)54)28-58-14-6-12-52(63)64/h3-4,7-10,15-20,23-26,57-58H,5-6,11-14,27-32H2,1-2H3,(H,61,62)(H,63,64). The fourth-order valence-corrected chi connectivity index (χ4v) is 7.73. The van der Waals surface area contributed by atoms with Crippen LogP contribution in [0.25, 0.3) is 11.1 Å². The molecule has 0 saturated carbocycles. The number of nitrogens with one attached hydrogen (secondary N) is 2. The van der Waals surface area contributed by atoms with E-state index in [0.717, 1.165) is 44.5 Å². The fraction of sp³-hybridized carbons (Fsp3) is 0.269. The van der Waals surface area contributed by atoms with Gasteiger partial charge in [-0.05, 0) is 97.4 Å². The van der Waals surface area contributed by atoms with E-state index in [-0.39, 0.29) is 39.3 Å². The molecule has 14 nitrogen and oxygen atoms in total. The quantitative estimate of drug-likeness (QED) is 0.0394. The largest absolute Gasteiger partial charge is 0.488 e. The summed E-state index contributed by atoms with van der Waals surface area (Å²) in [5.74, 6) is 0.144. The summed E-state index contributed by atoms with van der Waals surface area (Å²) in [5.41, 5.74) is 9.71. The molecule has 2 aromatic heterocycles. The highest BCUT2D eigenvalue weighted by Gasteiger charge is 2.17. The van der Waals surface area contributed by atoms with Gasteiger partial charge in [0.2, 0.25) is 0 Å². The summed E-state index contributed by atoms with van der Waals surface area (Å²) in [5, 5.41) is 44.0. The molecule has 6 rings (SSSR count). The second-order valence-corrected chi connectivity index (χ2v) is 16.7. The van der Waals surface area contributed by atoms with Crippen LogP contribution < -0.4 is 29.6 Å². The van der Waals surface area contributed by atoms with E-state index in [1.165, 1.54) is 12.4 Å². The Kier molecular flexibility index (Phi) is 18.5. The molecule has 0 spiro atoms. The van der Waals surface area contributed by atoms with Crippen molar-refractivity contribution in [1.82, 2.24) is 20.6 Å². The maximum atomic E-state index is 11.0. The van der Waals surface area contributed by atoms with E-state index < -0.39 is 11.9 Å². The number of hydrogen-bond donors (Lipinski definition) is 4. The van der Waals surface area contributed by atoms with Crippen molar-refractivity contribution in [3.8, 4) is 46.3 Å². The Balaban J connectivity index is 1.17. The Hall–Kier alpha value is -7.20. The van der Waals surface area contributed by atoms with Gasteiger partial charge in [0, 0.05) is 85.1 Å². The molecule has 4 aromatic carbocycles. The lowest BCUT2D eigenvalue weighted by molar-refractivity contribution is -0.138. The summed E-state index contributed by atoms with van der Waals surface area (Å²) in [4.78, 5) is 30.3. The van der Waals surface area contributed by atoms with Gasteiger partial charge in [-0.3, -0.25) is 19.6 Å². The van der Waals surface area contributed by atoms with Crippen LogP contribution in [0.2, 0.25) is 10.0 Å². The number of nitriles is 2. The number of ether oxygens (including phenoxy) is 4. The molecular weight excluding hydrogens is 908 g/mol. The van der Waals surface area contributed by atoms with Gasteiger partial charge in [-0.15, -0.1) is 0 Å². The number of carboxylic acid groups (broad SMARTS) is 2. The second-order valence-electron chi connectivity index (χ2n) is 15.9. The minimum atomic E-state index is -0.857. The molecule has 0 bridgehead atoms. The third-order valence-corrected chi connectivity index (χ3v) is 11.5. The lowest BCUT2D eigenvalue weighted by Gasteiger charge is -2.19. The van der Waals surface area contributed by atoms with Crippen molar-refractivity contribution in [2.24, 2.45) is 0 Å². The molecule has 16 heteroatoms. The van der Waals surface area contributed by atoms with Crippen molar-refractivity contribution in [3.05, 3.63) is 163 Å². The summed E-state index contributed by atoms with van der Waals surface area (Å²) in [7, 11) is 0. The van der Waals surface area contributed by atoms with Gasteiger partial charge in [-0.25, -0.2) is 0 Å². The average molecular weight is 958 g/mol. The molecule has 0 atom stereocenters. The first-order valence-electron chi connectivity index (χ1n) is 21.8. The number of carboxylic acids is 2. The molecule has 4 N–H and O–H groups in total. The SMILES string of the molecule is Cc1c(COc2cc(OCc3cncc(C#N)c3)c(CNCCCC(=O)O)cc2Cl)cccc1-c1cccc(COc2cc(OCc3cncc(C#N)c3)c(CNCCCC(=O)O)cc2Cl)c1C. The zero-order chi connectivity index (χ0) is 48.4. The third-order valence-electron chi connectivity index (χ3n) is 10.9. The van der Waals surface area contributed by atoms with E-state index in [4.69, 9.17) is 52.4 Å². The highest BCUT2D eigenvalue weighted by atomic mass is 35.5. The summed E-state index contributed by atoms with van der Waals surface area (Å²) in [6.45, 7) is 6.51. The van der Waals surface area contributed by atoms with Crippen LogP contribution in [0.15, 0.2) is 97.6 Å². The van der Waals surface area contributed by atoms with E-state index in [9.17, 15) is 20.1 Å². The normalized spacial score (nSPS) is 10.8. The van der Waals surface area contributed by atoms with E-state index in [0.29, 0.717) is 94.3 Å². The summed E-state index contributed by atoms with van der Waals surface area (Å²) < 4.78 is 25.2. The minimum Gasteiger partial charge on any atom is -0.488 e. The second kappa shape index (κ2) is 25.1. The molecule has 0 radical (unpaired) electrons. The number of hydrogen-bond acceptors (Lipinski definition) is 12. The van der Waals surface area contributed by atoms with Crippen molar-refractivity contribution in [2.45, 2.75) is 79.0 Å². The number of halogens is 2. The molecule has 0 aliphatic carbocycles. The molecular formula is C52H50Cl2N6O8. The first-order chi connectivity index (χ1) is 32.9. The maximum Gasteiger partial charge on any atom is 0.303 e. The summed E-state index contributed by atoms with van der Waals surface area (Å²) in [6, 6.07) is 26.7. The number of benzene rings is 4. The first-order valence-corrected chi connectivity index (χ1v) is 22.5. The predicted octanol–water partition coefficient (Wildman–Crippen LogP) is 10.0. The zero-order valence-electron chi connectivity index (χ0n) is 37.6. The van der Waals surface area contributed by atoms with Gasteiger partial charge in [-0.2, -0.15) is 10.5 Å². The van der Waals surface area contributed by atoms with Gasteiger partial charge in [0.05, 0.1) is 21.2 Å². The average Bonchev–Trinajstić information content (AvgIpc) is 3.33. The fourth-order valence-electron chi connectivity index (χ4n) is 7.25. The van der Waals surface area contributed by atoms with Crippen LogP contribution in [0.4, 0.5) is 0 Å². The topological polar surface area (TPSA) is 209 Å². The van der Waals surface area contributed by atoms with E-state index in [2.05, 4.69) is 44.9 Å². The highest BCUT2D eigenvalue weighted by molar-refractivity contribution is 6.32. The van der Waals surface area contributed by atoms with Crippen LogP contribution in [0.3, 0.4) is 0 Å². The van der Waals surface area contributed by atoms with E-state index in [1.807, 2.05) is 38.1 Å². The van der Waals surface area contributed by atoms with E-state index in [1.54, 1.807) is 48.8 Å². The first kappa shape index (κ1) is 50.2. The molecule has 0 fully saturated rings. The number of carbonyl (C=O) groups is 2. The molecule has 350 valence electrons. The molecule has 68 heavy (non-hydrogen) atoms. The monoisotopic (exact) mass is 956 g/mol. The van der Waals surface area contributed by atoms with Crippen molar-refractivity contribution in [1.29, 1.82) is 10.5 Å². The molecule has 0 unspecified atom stereocenters. The maximum absolute atomic E-state index is 11.0. The molecule has 0 saturated heterocycles. The van der Waals surface area contributed by atoms with Crippen molar-refractivity contribution in [3.63, 3.8) is 0 Å². The van der Waals surface area contributed by atoms with Crippen molar-refractivity contribution < 1.29 is 38.7 Å². The van der Waals surface area contributed by atoms with Gasteiger partial charge in [0.25, 0.3) is 0 Å². The van der Waals surface area contributed by atoms with Gasteiger partial charge in [-0.1, -0.05) is 59.6 Å². The number of aliphatic carboxylic acids is 2. The van der Waals surface area contributed by atoms with Gasteiger partial charge in [0.15, 0.2) is 0 Å². The van der Waals surface area contributed by atoms with E-state index >= 15 is 0 Å². The Bertz CT molecular complexity index is 2640. The molecule has 0 aliphatic rings. The molecule has 2 heterocycles. The van der Waals surface area contributed by atoms with Crippen LogP contribution in [-0.4, -0.2) is 45.2 Å². The van der Waals surface area contributed by atoms with Gasteiger partial charge >= 0.3 is 11.9 Å². The van der Waals surface area contributed by atoms with Crippen molar-refractivity contribution >= 4 is 35.1 Å². The molecule has 6 aromatic rings.